The van der Waals surface area contributed by atoms with Gasteiger partial charge in [0.1, 0.15) is 0 Å². The Morgan fingerprint density at radius 3 is 2.22 bits per heavy atom. The molecule has 0 unspecified atom stereocenters. The Morgan fingerprint density at radius 1 is 0.783 bits per heavy atom. The third kappa shape index (κ3) is 2.43. The summed E-state index contributed by atoms with van der Waals surface area (Å²) < 4.78 is 5.65. The van der Waals surface area contributed by atoms with Gasteiger partial charge in [0.05, 0.1) is 0 Å². The largest absolute Gasteiger partial charge is 0.488 e. The number of halogens is 1. The first kappa shape index (κ1) is 14.7. The molecule has 1 heterocycles. The molecule has 0 radical (unpaired) electrons. The molecular weight excluding hydrogens is 331 g/mol. The average Bonchev–Trinajstić information content (AvgIpc) is 2.56. The molecule has 0 saturated carbocycles. The molecule has 5 heteroatoms. The highest BCUT2D eigenvalue weighted by Crippen LogP contribution is 2.59. The van der Waals surface area contributed by atoms with Crippen LogP contribution in [0.2, 0.25) is 5.02 Å². The van der Waals surface area contributed by atoms with Gasteiger partial charge >= 0.3 is 7.94 Å². The Labute approximate surface area is 139 Å². The van der Waals surface area contributed by atoms with Crippen LogP contribution in [0.15, 0.2) is 66.7 Å². The number of fused-ring (bicyclic) bond motifs is 3. The maximum atomic E-state index is 10.4. The number of hydrogen-bond acceptors (Lipinski definition) is 3. The van der Waals surface area contributed by atoms with Crippen molar-refractivity contribution >= 4 is 24.8 Å². The fourth-order valence-corrected chi connectivity index (χ4v) is 4.41. The second-order valence-corrected chi connectivity index (χ2v) is 7.54. The molecule has 0 saturated heterocycles. The first-order valence-corrected chi connectivity index (χ1v) is 9.08. The van der Waals surface area contributed by atoms with Crippen LogP contribution in [0.25, 0.3) is 22.3 Å². The van der Waals surface area contributed by atoms with E-state index in [0.717, 1.165) is 22.3 Å². The number of rotatable bonds is 1. The van der Waals surface area contributed by atoms with Crippen LogP contribution >= 0.6 is 19.5 Å². The van der Waals surface area contributed by atoms with Crippen LogP contribution in [-0.4, -0.2) is 9.79 Å². The van der Waals surface area contributed by atoms with E-state index in [4.69, 9.17) is 16.1 Å². The van der Waals surface area contributed by atoms with Crippen LogP contribution in [0.1, 0.15) is 0 Å². The molecule has 3 nitrogen and oxygen atoms in total. The molecular formula is C18H13ClO3P+. The van der Waals surface area contributed by atoms with Gasteiger partial charge in [-0.15, -0.1) is 0 Å². The molecule has 0 aliphatic carbocycles. The molecule has 1 aliphatic heterocycles. The summed E-state index contributed by atoms with van der Waals surface area (Å²) in [7, 11) is -3.66. The summed E-state index contributed by atoms with van der Waals surface area (Å²) in [5.41, 5.74) is 3.16. The highest BCUT2D eigenvalue weighted by molar-refractivity contribution is 7.68. The highest BCUT2D eigenvalue weighted by atomic mass is 35.5. The normalized spacial score (nSPS) is 14.6. The van der Waals surface area contributed by atoms with Crippen LogP contribution in [0, 0.1) is 0 Å². The van der Waals surface area contributed by atoms with E-state index >= 15 is 0 Å². The van der Waals surface area contributed by atoms with Gasteiger partial charge < -0.3 is 0 Å². The van der Waals surface area contributed by atoms with Gasteiger partial charge in [-0.3, -0.25) is 4.52 Å². The molecule has 0 aromatic heterocycles. The van der Waals surface area contributed by atoms with Crippen LogP contribution < -0.4 is 9.83 Å². The van der Waals surface area contributed by atoms with E-state index in [0.29, 0.717) is 16.1 Å². The van der Waals surface area contributed by atoms with Gasteiger partial charge in [0.2, 0.25) is 0 Å². The Balaban J connectivity index is 2.04. The zero-order valence-corrected chi connectivity index (χ0v) is 13.6. The monoisotopic (exact) mass is 343 g/mol. The minimum Gasteiger partial charge on any atom is -0.280 e. The smallest absolute Gasteiger partial charge is 0.280 e. The second-order valence-electron chi connectivity index (χ2n) is 5.35. The van der Waals surface area contributed by atoms with Crippen molar-refractivity contribution in [3.8, 4) is 28.0 Å². The molecule has 23 heavy (non-hydrogen) atoms. The predicted octanol–water partition coefficient (Wildman–Crippen LogP) is 4.44. The molecule has 114 valence electrons. The van der Waals surface area contributed by atoms with Gasteiger partial charge in [0, 0.05) is 21.7 Å². The SMILES string of the molecule is O[P+]1(O)Oc2c(-c3ccccc3)cc(Cl)cc2-c2ccccc21. The fourth-order valence-electron chi connectivity index (χ4n) is 2.86. The number of benzene rings is 3. The van der Waals surface area contributed by atoms with Crippen LogP contribution in [0.5, 0.6) is 5.75 Å². The van der Waals surface area contributed by atoms with E-state index in [-0.39, 0.29) is 0 Å². The Morgan fingerprint density at radius 2 is 1.43 bits per heavy atom. The first-order valence-electron chi connectivity index (χ1n) is 7.09. The summed E-state index contributed by atoms with van der Waals surface area (Å²) in [6, 6.07) is 20.3. The van der Waals surface area contributed by atoms with E-state index in [9.17, 15) is 9.79 Å². The lowest BCUT2D eigenvalue weighted by molar-refractivity contribution is 0.354. The highest BCUT2D eigenvalue weighted by Gasteiger charge is 2.48. The zero-order valence-electron chi connectivity index (χ0n) is 12.0. The third-order valence-electron chi connectivity index (χ3n) is 3.87. The fraction of sp³-hybridized carbons (Fsp3) is 0. The van der Waals surface area contributed by atoms with Crippen LogP contribution in [0.3, 0.4) is 0 Å². The molecule has 0 spiro atoms. The van der Waals surface area contributed by atoms with E-state index in [2.05, 4.69) is 0 Å². The number of hydrogen-bond donors (Lipinski definition) is 2. The summed E-state index contributed by atoms with van der Waals surface area (Å²) in [4.78, 5) is 20.9. The first-order chi connectivity index (χ1) is 11.1. The quantitative estimate of drug-likeness (QED) is 0.642. The maximum Gasteiger partial charge on any atom is 0.488 e. The van der Waals surface area contributed by atoms with E-state index < -0.39 is 7.94 Å². The Hall–Kier alpha value is -1.90. The van der Waals surface area contributed by atoms with Gasteiger partial charge in [-0.05, 0) is 29.8 Å². The lowest BCUT2D eigenvalue weighted by Crippen LogP contribution is -2.22. The van der Waals surface area contributed by atoms with E-state index in [1.165, 1.54) is 0 Å². The molecule has 0 bridgehead atoms. The topological polar surface area (TPSA) is 49.7 Å². The minimum absolute atomic E-state index is 0.411. The minimum atomic E-state index is -3.66. The van der Waals surface area contributed by atoms with Crippen molar-refractivity contribution in [2.24, 2.45) is 0 Å². The molecule has 4 rings (SSSR count). The van der Waals surface area contributed by atoms with Crippen molar-refractivity contribution in [3.05, 3.63) is 71.8 Å². The van der Waals surface area contributed by atoms with E-state index in [1.807, 2.05) is 42.5 Å². The molecule has 3 aromatic carbocycles. The van der Waals surface area contributed by atoms with Gasteiger partial charge in [0.15, 0.2) is 11.1 Å². The Kier molecular flexibility index (Phi) is 3.40. The van der Waals surface area contributed by atoms with Crippen molar-refractivity contribution in [2.45, 2.75) is 0 Å². The predicted molar refractivity (Wildman–Crippen MR) is 93.9 cm³/mol. The molecule has 3 aromatic rings. The lowest BCUT2D eigenvalue weighted by atomic mass is 9.97. The summed E-state index contributed by atoms with van der Waals surface area (Å²) in [6.07, 6.45) is 0. The average molecular weight is 344 g/mol. The van der Waals surface area contributed by atoms with Crippen molar-refractivity contribution < 1.29 is 14.3 Å². The molecule has 0 amide bonds. The van der Waals surface area contributed by atoms with Crippen molar-refractivity contribution in [2.75, 3.05) is 0 Å². The van der Waals surface area contributed by atoms with Crippen LogP contribution in [0.4, 0.5) is 0 Å². The summed E-state index contributed by atoms with van der Waals surface area (Å²) in [6.45, 7) is 0. The van der Waals surface area contributed by atoms with Gasteiger partial charge in [-0.25, -0.2) is 0 Å². The lowest BCUT2D eigenvalue weighted by Gasteiger charge is -2.24. The van der Waals surface area contributed by atoms with E-state index in [1.54, 1.807) is 24.3 Å². The molecule has 1 aliphatic rings. The summed E-state index contributed by atoms with van der Waals surface area (Å²) >= 11 is 6.30. The van der Waals surface area contributed by atoms with Gasteiger partial charge in [-0.2, -0.15) is 9.79 Å². The molecule has 0 atom stereocenters. The van der Waals surface area contributed by atoms with Crippen LogP contribution in [-0.2, 0) is 0 Å². The van der Waals surface area contributed by atoms with Crippen molar-refractivity contribution in [1.82, 2.24) is 0 Å². The maximum absolute atomic E-state index is 10.4. The van der Waals surface area contributed by atoms with Crippen molar-refractivity contribution in [1.29, 1.82) is 0 Å². The summed E-state index contributed by atoms with van der Waals surface area (Å²) in [5.74, 6) is 0.456. The standard InChI is InChI=1S/C18H13ClO3P/c19-13-10-15(12-6-2-1-3-7-12)18-16(11-13)14-8-4-5-9-17(14)23(20,21)22-18/h1-11,20-21H/q+1. The molecule has 2 N–H and O–H groups in total. The second kappa shape index (κ2) is 5.33. The zero-order chi connectivity index (χ0) is 16.0. The summed E-state index contributed by atoms with van der Waals surface area (Å²) in [5, 5.41) is 0.983. The van der Waals surface area contributed by atoms with Crippen molar-refractivity contribution in [3.63, 3.8) is 0 Å². The van der Waals surface area contributed by atoms with Gasteiger partial charge in [0.25, 0.3) is 0 Å². The third-order valence-corrected chi connectivity index (χ3v) is 5.54. The molecule has 0 fully saturated rings. The Bertz CT molecular complexity index is 877. The van der Waals surface area contributed by atoms with Gasteiger partial charge in [-0.1, -0.05) is 54.1 Å².